The van der Waals surface area contributed by atoms with E-state index in [0.717, 1.165) is 21.7 Å². The van der Waals surface area contributed by atoms with Gasteiger partial charge in [0.05, 0.1) is 13.1 Å². The smallest absolute Gasteiger partial charge is 0.272 e. The maximum Gasteiger partial charge on any atom is 0.272 e. The zero-order valence-electron chi connectivity index (χ0n) is 22.2. The van der Waals surface area contributed by atoms with Crippen LogP contribution in [-0.2, 0) is 7.05 Å². The number of pyridine rings is 1. The molecule has 1 atom stereocenters. The van der Waals surface area contributed by atoms with E-state index in [2.05, 4.69) is 47.4 Å². The van der Waals surface area contributed by atoms with Crippen molar-refractivity contribution in [3.8, 4) is 22.0 Å². The van der Waals surface area contributed by atoms with Crippen molar-refractivity contribution >= 4 is 28.3 Å². The minimum atomic E-state index is -0.140. The second-order valence-corrected chi connectivity index (χ2v) is 10.6. The molecule has 0 saturated carbocycles. The highest BCUT2D eigenvalue weighted by molar-refractivity contribution is 7.13. The molecule has 204 valence electrons. The van der Waals surface area contributed by atoms with Gasteiger partial charge in [-0.1, -0.05) is 30.3 Å². The minimum Gasteiger partial charge on any atom is -0.436 e. The molecule has 12 heteroatoms. The maximum atomic E-state index is 13.5. The Kier molecular flexibility index (Phi) is 6.53. The maximum absolute atomic E-state index is 13.5. The summed E-state index contributed by atoms with van der Waals surface area (Å²) in [5.41, 5.74) is 4.54. The Labute approximate surface area is 239 Å². The number of tetrazole rings is 1. The largest absolute Gasteiger partial charge is 0.436 e. The van der Waals surface area contributed by atoms with Gasteiger partial charge in [-0.25, -0.2) is 9.97 Å². The Bertz CT molecular complexity index is 1810. The fraction of sp³-hybridized carbons (Fsp3) is 0.207. The molecule has 1 saturated heterocycles. The van der Waals surface area contributed by atoms with Crippen molar-refractivity contribution in [1.82, 2.24) is 45.0 Å². The van der Waals surface area contributed by atoms with Gasteiger partial charge in [0.1, 0.15) is 16.2 Å². The van der Waals surface area contributed by atoms with Gasteiger partial charge >= 0.3 is 0 Å². The van der Waals surface area contributed by atoms with E-state index >= 15 is 0 Å². The summed E-state index contributed by atoms with van der Waals surface area (Å²) < 4.78 is 6.03. The van der Waals surface area contributed by atoms with Gasteiger partial charge in [-0.2, -0.15) is 4.80 Å². The molecule has 1 aliphatic rings. The molecule has 41 heavy (non-hydrogen) atoms. The summed E-state index contributed by atoms with van der Waals surface area (Å²) in [5, 5.41) is 15.7. The van der Waals surface area contributed by atoms with Crippen LogP contribution in [0.5, 0.6) is 0 Å². The fourth-order valence-corrected chi connectivity index (χ4v) is 5.78. The van der Waals surface area contributed by atoms with Gasteiger partial charge in [-0.15, -0.1) is 21.5 Å². The SMILES string of the molecule is Cn1nnc(C(c2ccccc2)N2CCN(C(=O)c3cc(-c4nc5cc(-c6nccs6)ccc5o4)ccn3)CC2)n1. The van der Waals surface area contributed by atoms with Crippen molar-refractivity contribution in [2.75, 3.05) is 26.2 Å². The van der Waals surface area contributed by atoms with E-state index < -0.39 is 0 Å². The molecule has 11 nitrogen and oxygen atoms in total. The van der Waals surface area contributed by atoms with Crippen LogP contribution >= 0.6 is 11.3 Å². The Morgan fingerprint density at radius 3 is 2.56 bits per heavy atom. The Balaban J connectivity index is 1.08. The number of benzene rings is 2. The highest BCUT2D eigenvalue weighted by Gasteiger charge is 2.31. The molecule has 2 aromatic carbocycles. The first-order valence-corrected chi connectivity index (χ1v) is 14.1. The first-order valence-electron chi connectivity index (χ1n) is 13.2. The first-order chi connectivity index (χ1) is 20.1. The van der Waals surface area contributed by atoms with Crippen LogP contribution in [0.15, 0.2) is 82.9 Å². The third kappa shape index (κ3) is 4.98. The van der Waals surface area contributed by atoms with Crippen molar-refractivity contribution in [3.05, 3.63) is 95.5 Å². The molecule has 0 N–H and O–H groups in total. The van der Waals surface area contributed by atoms with Gasteiger partial charge in [-0.05, 0) is 41.1 Å². The molecule has 7 rings (SSSR count). The molecule has 4 aromatic heterocycles. The average molecular weight is 564 g/mol. The number of piperazine rings is 1. The summed E-state index contributed by atoms with van der Waals surface area (Å²) in [6.45, 7) is 2.43. The molecule has 6 aromatic rings. The molecule has 1 fully saturated rings. The van der Waals surface area contributed by atoms with Crippen LogP contribution < -0.4 is 0 Å². The Morgan fingerprint density at radius 2 is 1.80 bits per heavy atom. The van der Waals surface area contributed by atoms with Crippen molar-refractivity contribution in [1.29, 1.82) is 0 Å². The normalized spacial score (nSPS) is 14.9. The molecular formula is C29H25N9O2S. The number of nitrogens with zero attached hydrogens (tertiary/aromatic N) is 9. The number of hydrogen-bond donors (Lipinski definition) is 0. The van der Waals surface area contributed by atoms with E-state index in [-0.39, 0.29) is 11.9 Å². The number of carbonyl (C=O) groups is 1. The van der Waals surface area contributed by atoms with Crippen LogP contribution in [-0.4, -0.2) is 77.0 Å². The van der Waals surface area contributed by atoms with E-state index in [0.29, 0.717) is 54.7 Å². The lowest BCUT2D eigenvalue weighted by Crippen LogP contribution is -2.50. The summed E-state index contributed by atoms with van der Waals surface area (Å²) in [4.78, 5) is 32.5. The van der Waals surface area contributed by atoms with Crippen molar-refractivity contribution < 1.29 is 9.21 Å². The van der Waals surface area contributed by atoms with E-state index in [4.69, 9.17) is 4.42 Å². The van der Waals surface area contributed by atoms with Crippen LogP contribution in [0.2, 0.25) is 0 Å². The number of hydrogen-bond acceptors (Lipinski definition) is 10. The minimum absolute atomic E-state index is 0.123. The van der Waals surface area contributed by atoms with Gasteiger partial charge in [0, 0.05) is 55.1 Å². The number of aryl methyl sites for hydroxylation is 1. The van der Waals surface area contributed by atoms with E-state index in [1.165, 1.54) is 4.80 Å². The van der Waals surface area contributed by atoms with Crippen molar-refractivity contribution in [2.24, 2.45) is 7.05 Å². The Morgan fingerprint density at radius 1 is 0.951 bits per heavy atom. The molecule has 5 heterocycles. The number of fused-ring (bicyclic) bond motifs is 1. The monoisotopic (exact) mass is 563 g/mol. The summed E-state index contributed by atoms with van der Waals surface area (Å²) in [6.07, 6.45) is 3.41. The standard InChI is InChI=1S/C29H25N9O2S/c1-36-34-26(33-35-36)25(19-5-3-2-4-6-19)37-12-14-38(15-13-37)29(39)23-17-20(9-10-30-23)27-32-22-18-21(7-8-24(22)40-27)28-31-11-16-41-28/h2-11,16-18,25H,12-15H2,1H3. The fourth-order valence-electron chi connectivity index (χ4n) is 5.14. The van der Waals surface area contributed by atoms with Crippen LogP contribution in [0.3, 0.4) is 0 Å². The number of rotatable bonds is 6. The van der Waals surface area contributed by atoms with E-state index in [9.17, 15) is 4.79 Å². The molecule has 0 bridgehead atoms. The van der Waals surface area contributed by atoms with Gasteiger partial charge in [0.15, 0.2) is 11.4 Å². The summed E-state index contributed by atoms with van der Waals surface area (Å²) in [7, 11) is 1.76. The molecule has 0 radical (unpaired) electrons. The molecule has 0 spiro atoms. The molecular weight excluding hydrogens is 538 g/mol. The van der Waals surface area contributed by atoms with Gasteiger partial charge in [0.2, 0.25) is 5.89 Å². The number of carbonyl (C=O) groups excluding carboxylic acids is 1. The number of thiazole rings is 1. The van der Waals surface area contributed by atoms with E-state index in [1.807, 2.05) is 46.7 Å². The van der Waals surface area contributed by atoms with Gasteiger partial charge in [0.25, 0.3) is 5.91 Å². The lowest BCUT2D eigenvalue weighted by molar-refractivity contribution is 0.0586. The third-order valence-electron chi connectivity index (χ3n) is 7.14. The Hall–Kier alpha value is -4.81. The molecule has 0 aliphatic carbocycles. The zero-order chi connectivity index (χ0) is 27.8. The summed E-state index contributed by atoms with van der Waals surface area (Å²) in [5.74, 6) is 0.965. The van der Waals surface area contributed by atoms with Crippen molar-refractivity contribution in [2.45, 2.75) is 6.04 Å². The lowest BCUT2D eigenvalue weighted by Gasteiger charge is -2.38. The van der Waals surface area contributed by atoms with Crippen LogP contribution in [0, 0.1) is 0 Å². The highest BCUT2D eigenvalue weighted by Crippen LogP contribution is 2.30. The van der Waals surface area contributed by atoms with Gasteiger partial charge < -0.3 is 9.32 Å². The first kappa shape index (κ1) is 25.2. The van der Waals surface area contributed by atoms with Crippen molar-refractivity contribution in [3.63, 3.8) is 0 Å². The third-order valence-corrected chi connectivity index (χ3v) is 7.97. The average Bonchev–Trinajstić information content (AvgIpc) is 3.79. The van der Waals surface area contributed by atoms with Crippen LogP contribution in [0.4, 0.5) is 0 Å². The summed E-state index contributed by atoms with van der Waals surface area (Å²) >= 11 is 1.57. The molecule has 1 aliphatic heterocycles. The predicted octanol–water partition coefficient (Wildman–Crippen LogP) is 4.08. The predicted molar refractivity (Wildman–Crippen MR) is 153 cm³/mol. The van der Waals surface area contributed by atoms with Crippen LogP contribution in [0.1, 0.15) is 27.9 Å². The quantitative estimate of drug-likeness (QED) is 0.295. The number of oxazole rings is 1. The molecule has 1 unspecified atom stereocenters. The zero-order valence-corrected chi connectivity index (χ0v) is 23.0. The van der Waals surface area contributed by atoms with E-state index in [1.54, 1.807) is 42.9 Å². The summed E-state index contributed by atoms with van der Waals surface area (Å²) in [6, 6.07) is 19.4. The topological polar surface area (TPSA) is 119 Å². The molecule has 1 amide bonds. The highest BCUT2D eigenvalue weighted by atomic mass is 32.1. The number of amides is 1. The number of aromatic nitrogens is 7. The lowest BCUT2D eigenvalue weighted by atomic mass is 10.0. The second-order valence-electron chi connectivity index (χ2n) is 9.75. The van der Waals surface area contributed by atoms with Gasteiger partial charge in [-0.3, -0.25) is 14.7 Å². The second kappa shape index (κ2) is 10.6. The van der Waals surface area contributed by atoms with Crippen LogP contribution in [0.25, 0.3) is 33.1 Å².